The smallest absolute Gasteiger partial charge is 0.257 e. The van der Waals surface area contributed by atoms with Crippen LogP contribution < -0.4 is 10.1 Å². The molecule has 0 radical (unpaired) electrons. The molecule has 218 valence electrons. The highest BCUT2D eigenvalue weighted by Gasteiger charge is 2.59. The lowest BCUT2D eigenvalue weighted by atomic mass is 10.1. The third kappa shape index (κ3) is 5.16. The Labute approximate surface area is 243 Å². The molecule has 2 atom stereocenters. The van der Waals surface area contributed by atoms with Crippen molar-refractivity contribution in [3.05, 3.63) is 76.2 Å². The number of alkyl halides is 3. The lowest BCUT2D eigenvalue weighted by Crippen LogP contribution is -2.24. The molecular weight excluding hydrogens is 597 g/mol. The Morgan fingerprint density at radius 1 is 1.17 bits per heavy atom. The van der Waals surface area contributed by atoms with Crippen LogP contribution in [0.15, 0.2) is 53.6 Å². The number of carbonyl (C=O) groups excluding carboxylic acids is 1. The zero-order valence-electron chi connectivity index (χ0n) is 21.9. The second kappa shape index (κ2) is 10.5. The van der Waals surface area contributed by atoms with Crippen LogP contribution in [0.3, 0.4) is 0 Å². The molecule has 9 nitrogen and oxygen atoms in total. The van der Waals surface area contributed by atoms with E-state index in [1.807, 2.05) is 0 Å². The molecule has 0 saturated heterocycles. The van der Waals surface area contributed by atoms with Gasteiger partial charge in [0.15, 0.2) is 0 Å². The molecule has 0 spiro atoms. The molecule has 0 bridgehead atoms. The standard InChI is InChI=1S/C28H22ClF3N4O5S/c1-40-23-5-4-21(36-26(23)18-9-28(18,31)32)20-3-2-14-10-33-16(8-22(14)35-20)11-34-27(37)15-6-19(29)17-12-41-13-25(30)42(38,39)24(17)7-15/h2-8,10,18,25H,9,11-13H2,1H3,(H,34,37)/t18?,25-/m1/s1. The van der Waals surface area contributed by atoms with E-state index in [0.717, 1.165) is 6.07 Å². The van der Waals surface area contributed by atoms with Gasteiger partial charge in [0.1, 0.15) is 5.75 Å². The Kier molecular flexibility index (Phi) is 7.06. The second-order valence-electron chi connectivity index (χ2n) is 9.95. The fourth-order valence-corrected chi connectivity index (χ4v) is 6.41. The summed E-state index contributed by atoms with van der Waals surface area (Å²) in [5.41, 5.74) is -0.258. The van der Waals surface area contributed by atoms with E-state index in [1.54, 1.807) is 36.5 Å². The highest BCUT2D eigenvalue weighted by atomic mass is 35.5. The number of sulfone groups is 1. The number of nitrogens with zero attached hydrogens (tertiary/aromatic N) is 3. The molecule has 3 aromatic heterocycles. The van der Waals surface area contributed by atoms with Crippen LogP contribution in [0.2, 0.25) is 5.02 Å². The lowest BCUT2D eigenvalue weighted by molar-refractivity contribution is 0.0947. The zero-order chi connectivity index (χ0) is 29.8. The minimum Gasteiger partial charge on any atom is -0.495 e. The first kappa shape index (κ1) is 28.3. The van der Waals surface area contributed by atoms with Crippen molar-refractivity contribution in [1.82, 2.24) is 20.3 Å². The minimum atomic E-state index is -4.39. The van der Waals surface area contributed by atoms with E-state index in [0.29, 0.717) is 28.0 Å². The first-order chi connectivity index (χ1) is 20.0. The van der Waals surface area contributed by atoms with Gasteiger partial charge in [0.2, 0.25) is 15.3 Å². The van der Waals surface area contributed by atoms with Crippen molar-refractivity contribution in [2.45, 2.75) is 41.8 Å². The molecule has 6 rings (SSSR count). The first-order valence-electron chi connectivity index (χ1n) is 12.7. The van der Waals surface area contributed by atoms with Gasteiger partial charge >= 0.3 is 0 Å². The van der Waals surface area contributed by atoms with Crippen LogP contribution in [0, 0.1) is 0 Å². The van der Waals surface area contributed by atoms with Gasteiger partial charge in [0, 0.05) is 34.2 Å². The van der Waals surface area contributed by atoms with E-state index in [4.69, 9.17) is 21.1 Å². The second-order valence-corrected chi connectivity index (χ2v) is 12.4. The summed E-state index contributed by atoms with van der Waals surface area (Å²) in [7, 11) is -2.99. The van der Waals surface area contributed by atoms with Gasteiger partial charge in [0.05, 0.1) is 66.0 Å². The molecule has 1 amide bonds. The van der Waals surface area contributed by atoms with Crippen LogP contribution in [-0.2, 0) is 27.7 Å². The van der Waals surface area contributed by atoms with E-state index in [2.05, 4.69) is 20.3 Å². The molecular formula is C28H22ClF3N4O5S. The van der Waals surface area contributed by atoms with E-state index in [1.165, 1.54) is 13.2 Å². The summed E-state index contributed by atoms with van der Waals surface area (Å²) in [6.07, 6.45) is 1.28. The predicted octanol–water partition coefficient (Wildman–Crippen LogP) is 5.01. The molecule has 4 aromatic rings. The SMILES string of the molecule is COc1ccc(-c2ccc3cnc(CNC(=O)c4cc(Cl)c5c(c4)S(=O)(=O)[C@@H](F)COC5)cc3n2)nc1C1CC1(F)F. The zero-order valence-corrected chi connectivity index (χ0v) is 23.5. The maximum Gasteiger partial charge on any atom is 0.257 e. The number of carbonyl (C=O) groups is 1. The molecule has 1 aromatic carbocycles. The topological polar surface area (TPSA) is 120 Å². The number of halogens is 4. The Morgan fingerprint density at radius 2 is 1.90 bits per heavy atom. The van der Waals surface area contributed by atoms with Gasteiger partial charge in [-0.25, -0.2) is 31.6 Å². The van der Waals surface area contributed by atoms with Crippen molar-refractivity contribution in [2.24, 2.45) is 0 Å². The number of amides is 1. The summed E-state index contributed by atoms with van der Waals surface area (Å²) in [6, 6.07) is 10.7. The van der Waals surface area contributed by atoms with Gasteiger partial charge in [-0.3, -0.25) is 9.78 Å². The number of pyridine rings is 3. The quantitative estimate of drug-likeness (QED) is 0.320. The van der Waals surface area contributed by atoms with Gasteiger partial charge in [-0.1, -0.05) is 11.6 Å². The summed E-state index contributed by atoms with van der Waals surface area (Å²) in [6.45, 7) is -0.880. The molecule has 4 heterocycles. The van der Waals surface area contributed by atoms with Crippen molar-refractivity contribution in [1.29, 1.82) is 0 Å². The van der Waals surface area contributed by atoms with E-state index >= 15 is 0 Å². The number of rotatable bonds is 6. The van der Waals surface area contributed by atoms with Crippen molar-refractivity contribution in [3.63, 3.8) is 0 Å². The maximum atomic E-state index is 14.2. The van der Waals surface area contributed by atoms with E-state index < -0.39 is 39.7 Å². The van der Waals surface area contributed by atoms with E-state index in [9.17, 15) is 26.4 Å². The number of hydrogen-bond acceptors (Lipinski definition) is 8. The fraction of sp³-hybridized carbons (Fsp3) is 0.286. The summed E-state index contributed by atoms with van der Waals surface area (Å²) in [4.78, 5) is 25.9. The summed E-state index contributed by atoms with van der Waals surface area (Å²) < 4.78 is 77.3. The van der Waals surface area contributed by atoms with Gasteiger partial charge in [-0.2, -0.15) is 0 Å². The van der Waals surface area contributed by atoms with Crippen molar-refractivity contribution in [3.8, 4) is 17.1 Å². The number of fused-ring (bicyclic) bond motifs is 2. The Hall–Kier alpha value is -3.81. The number of aromatic nitrogens is 3. The van der Waals surface area contributed by atoms with Crippen molar-refractivity contribution < 1.29 is 35.9 Å². The predicted molar refractivity (Wildman–Crippen MR) is 146 cm³/mol. The van der Waals surface area contributed by atoms with E-state index in [-0.39, 0.29) is 52.1 Å². The number of methoxy groups -OCH3 is 1. The number of hydrogen-bond donors (Lipinski definition) is 1. The Morgan fingerprint density at radius 3 is 2.64 bits per heavy atom. The average molecular weight is 619 g/mol. The maximum absolute atomic E-state index is 14.2. The molecule has 42 heavy (non-hydrogen) atoms. The highest BCUT2D eigenvalue weighted by Crippen LogP contribution is 2.57. The Bertz CT molecular complexity index is 1860. The van der Waals surface area contributed by atoms with Gasteiger partial charge in [-0.05, 0) is 42.5 Å². The average Bonchev–Trinajstić information content (AvgIpc) is 3.64. The molecule has 1 unspecified atom stereocenters. The number of nitrogens with one attached hydrogen (secondary N) is 1. The third-order valence-corrected chi connectivity index (χ3v) is 9.26. The molecule has 1 fully saturated rings. The van der Waals surface area contributed by atoms with Crippen molar-refractivity contribution >= 4 is 38.2 Å². The summed E-state index contributed by atoms with van der Waals surface area (Å²) >= 11 is 6.23. The Balaban J connectivity index is 1.24. The molecule has 2 aliphatic rings. The molecule has 14 heteroatoms. The van der Waals surface area contributed by atoms with Gasteiger partial charge in [0.25, 0.3) is 11.8 Å². The fourth-order valence-electron chi connectivity index (χ4n) is 4.72. The van der Waals surface area contributed by atoms with Crippen molar-refractivity contribution in [2.75, 3.05) is 13.7 Å². The third-order valence-electron chi connectivity index (χ3n) is 7.14. The van der Waals surface area contributed by atoms with Crippen LogP contribution in [-0.4, -0.2) is 54.4 Å². The molecule has 1 N–H and O–H groups in total. The summed E-state index contributed by atoms with van der Waals surface area (Å²) in [5, 5.41) is 3.32. The van der Waals surface area contributed by atoms with Gasteiger partial charge < -0.3 is 14.8 Å². The van der Waals surface area contributed by atoms with Crippen LogP contribution in [0.5, 0.6) is 5.75 Å². The minimum absolute atomic E-state index is 0.0309. The summed E-state index contributed by atoms with van der Waals surface area (Å²) in [5.74, 6) is -4.18. The monoisotopic (exact) mass is 618 g/mol. The van der Waals surface area contributed by atoms with Crippen LogP contribution in [0.1, 0.15) is 39.6 Å². The van der Waals surface area contributed by atoms with Gasteiger partial charge in [-0.15, -0.1) is 0 Å². The highest BCUT2D eigenvalue weighted by molar-refractivity contribution is 7.92. The van der Waals surface area contributed by atoms with Crippen LogP contribution >= 0.6 is 11.6 Å². The normalized spacial score (nSPS) is 20.4. The van der Waals surface area contributed by atoms with Crippen LogP contribution in [0.4, 0.5) is 13.2 Å². The lowest BCUT2D eigenvalue weighted by Gasteiger charge is -2.12. The largest absolute Gasteiger partial charge is 0.495 e. The van der Waals surface area contributed by atoms with Crippen LogP contribution in [0.25, 0.3) is 22.3 Å². The first-order valence-corrected chi connectivity index (χ1v) is 14.7. The molecule has 1 aliphatic heterocycles. The number of ether oxygens (including phenoxy) is 2. The number of benzene rings is 1. The molecule has 1 saturated carbocycles. The molecule has 1 aliphatic carbocycles.